The van der Waals surface area contributed by atoms with E-state index in [0.717, 1.165) is 29.0 Å². The molecule has 1 aliphatic rings. The molecule has 24 heavy (non-hydrogen) atoms. The molecule has 0 aliphatic carbocycles. The summed E-state index contributed by atoms with van der Waals surface area (Å²) in [5.74, 6) is 1.91. The van der Waals surface area contributed by atoms with Crippen molar-refractivity contribution < 1.29 is 0 Å². The first kappa shape index (κ1) is 16.6. The molecule has 124 valence electrons. The number of anilines is 1. The first-order chi connectivity index (χ1) is 11.5. The maximum atomic E-state index is 6.28. The van der Waals surface area contributed by atoms with Gasteiger partial charge in [0.25, 0.3) is 0 Å². The molecule has 0 spiro atoms. The average Bonchev–Trinajstić information content (AvgIpc) is 2.91. The Morgan fingerprint density at radius 1 is 1.12 bits per heavy atom. The Bertz CT molecular complexity index is 841. The van der Waals surface area contributed by atoms with Gasteiger partial charge in [0.2, 0.25) is 5.96 Å². The van der Waals surface area contributed by atoms with Crippen LogP contribution in [-0.2, 0) is 0 Å². The van der Waals surface area contributed by atoms with Crippen LogP contribution >= 0.6 is 11.6 Å². The molecule has 6 heteroatoms. The molecule has 0 saturated carbocycles. The smallest absolute Gasteiger partial charge is 0.224 e. The van der Waals surface area contributed by atoms with Crippen LogP contribution in [0, 0.1) is 13.8 Å². The zero-order valence-electron chi connectivity index (χ0n) is 14.3. The molecule has 0 amide bonds. The van der Waals surface area contributed by atoms with Gasteiger partial charge in [0, 0.05) is 22.5 Å². The number of hydrogen-bond donors (Lipinski definition) is 1. The van der Waals surface area contributed by atoms with E-state index >= 15 is 0 Å². The second kappa shape index (κ2) is 6.69. The van der Waals surface area contributed by atoms with Crippen LogP contribution in [0.15, 0.2) is 34.3 Å². The van der Waals surface area contributed by atoms with Crippen LogP contribution < -0.4 is 5.32 Å². The highest BCUT2D eigenvalue weighted by molar-refractivity contribution is 6.33. The number of aromatic nitrogens is 2. The van der Waals surface area contributed by atoms with Crippen LogP contribution in [0.3, 0.4) is 0 Å². The summed E-state index contributed by atoms with van der Waals surface area (Å²) in [5, 5.41) is 3.87. The molecule has 1 atom stereocenters. The van der Waals surface area contributed by atoms with Crippen molar-refractivity contribution in [3.8, 4) is 11.4 Å². The Balaban J connectivity index is 1.99. The normalized spacial score (nSPS) is 16.8. The molecule has 3 rings (SSSR count). The summed E-state index contributed by atoms with van der Waals surface area (Å²) in [6, 6.07) is 7.72. The molecule has 0 fully saturated rings. The Morgan fingerprint density at radius 3 is 2.54 bits per heavy atom. The van der Waals surface area contributed by atoms with Crippen molar-refractivity contribution in [2.75, 3.05) is 5.32 Å². The van der Waals surface area contributed by atoms with Crippen molar-refractivity contribution in [2.24, 2.45) is 9.98 Å². The molecule has 1 aromatic carbocycles. The van der Waals surface area contributed by atoms with E-state index in [0.29, 0.717) is 22.6 Å². The topological polar surface area (TPSA) is 62.5 Å². The van der Waals surface area contributed by atoms with E-state index in [1.54, 1.807) is 0 Å². The lowest BCUT2D eigenvalue weighted by Gasteiger charge is -2.12. The summed E-state index contributed by atoms with van der Waals surface area (Å²) < 4.78 is 0. The summed E-state index contributed by atoms with van der Waals surface area (Å²) >= 11 is 6.28. The molecule has 1 unspecified atom stereocenters. The minimum Gasteiger partial charge on any atom is -0.309 e. The number of aryl methyl sites for hydroxylation is 1. The highest BCUT2D eigenvalue weighted by Gasteiger charge is 2.19. The predicted molar refractivity (Wildman–Crippen MR) is 100 cm³/mol. The number of halogens is 1. The third-order valence-electron chi connectivity index (χ3n) is 4.16. The SMILES string of the molecule is CCC1N=C(Nc2nc(-c3ccccc3Cl)nc(C)c2C)N=C1C. The fourth-order valence-electron chi connectivity index (χ4n) is 2.58. The lowest BCUT2D eigenvalue weighted by Crippen LogP contribution is -2.12. The van der Waals surface area contributed by atoms with Crippen LogP contribution in [0.2, 0.25) is 5.02 Å². The molecule has 0 radical (unpaired) electrons. The molecule has 0 saturated heterocycles. The van der Waals surface area contributed by atoms with Gasteiger partial charge in [-0.1, -0.05) is 30.7 Å². The van der Waals surface area contributed by atoms with Crippen molar-refractivity contribution in [2.45, 2.75) is 40.2 Å². The van der Waals surface area contributed by atoms with E-state index in [9.17, 15) is 0 Å². The summed E-state index contributed by atoms with van der Waals surface area (Å²) in [4.78, 5) is 18.3. The molecular weight excluding hydrogens is 322 g/mol. The van der Waals surface area contributed by atoms with Gasteiger partial charge in [0.15, 0.2) is 5.82 Å². The zero-order valence-corrected chi connectivity index (χ0v) is 15.0. The Hall–Kier alpha value is -2.27. The highest BCUT2D eigenvalue weighted by atomic mass is 35.5. The number of benzene rings is 1. The van der Waals surface area contributed by atoms with Gasteiger partial charge in [-0.2, -0.15) is 0 Å². The van der Waals surface area contributed by atoms with Gasteiger partial charge >= 0.3 is 0 Å². The van der Waals surface area contributed by atoms with Crippen LogP contribution in [0.25, 0.3) is 11.4 Å². The molecule has 1 aromatic heterocycles. The number of hydrogen-bond acceptors (Lipinski definition) is 5. The van der Waals surface area contributed by atoms with E-state index in [2.05, 4.69) is 32.2 Å². The minimum absolute atomic E-state index is 0.152. The quantitative estimate of drug-likeness (QED) is 0.897. The van der Waals surface area contributed by atoms with Crippen molar-refractivity contribution in [1.82, 2.24) is 9.97 Å². The van der Waals surface area contributed by atoms with Gasteiger partial charge in [0.05, 0.1) is 11.1 Å². The largest absolute Gasteiger partial charge is 0.309 e. The first-order valence-corrected chi connectivity index (χ1v) is 8.37. The van der Waals surface area contributed by atoms with Crippen molar-refractivity contribution in [3.63, 3.8) is 0 Å². The third kappa shape index (κ3) is 3.17. The molecule has 5 nitrogen and oxygen atoms in total. The summed E-state index contributed by atoms with van der Waals surface area (Å²) in [6.07, 6.45) is 0.938. The van der Waals surface area contributed by atoms with Crippen molar-refractivity contribution in [1.29, 1.82) is 0 Å². The van der Waals surface area contributed by atoms with E-state index in [-0.39, 0.29) is 6.04 Å². The predicted octanol–water partition coefficient (Wildman–Crippen LogP) is 4.43. The lowest BCUT2D eigenvalue weighted by molar-refractivity contribution is 0.832. The van der Waals surface area contributed by atoms with Gasteiger partial charge in [-0.05, 0) is 39.3 Å². The van der Waals surface area contributed by atoms with Crippen molar-refractivity contribution >= 4 is 29.1 Å². The maximum Gasteiger partial charge on any atom is 0.224 e. The van der Waals surface area contributed by atoms with Gasteiger partial charge in [0.1, 0.15) is 5.82 Å². The fraction of sp³-hybridized carbons (Fsp3) is 0.333. The van der Waals surface area contributed by atoms with E-state index < -0.39 is 0 Å². The number of nitrogens with zero attached hydrogens (tertiary/aromatic N) is 4. The number of aliphatic imine (C=N–C) groups is 2. The molecular formula is C18H20ClN5. The Labute approximate surface area is 146 Å². The van der Waals surface area contributed by atoms with Crippen LogP contribution in [0.4, 0.5) is 5.82 Å². The molecule has 1 aliphatic heterocycles. The minimum atomic E-state index is 0.152. The number of rotatable bonds is 3. The van der Waals surface area contributed by atoms with Gasteiger partial charge in [-0.25, -0.2) is 20.0 Å². The summed E-state index contributed by atoms with van der Waals surface area (Å²) in [7, 11) is 0. The van der Waals surface area contributed by atoms with Gasteiger partial charge in [-0.3, -0.25) is 0 Å². The molecule has 0 bridgehead atoms. The zero-order chi connectivity index (χ0) is 17.3. The monoisotopic (exact) mass is 341 g/mol. The van der Waals surface area contributed by atoms with E-state index in [1.165, 1.54) is 0 Å². The fourth-order valence-corrected chi connectivity index (χ4v) is 2.80. The summed E-state index contributed by atoms with van der Waals surface area (Å²) in [6.45, 7) is 8.05. The molecule has 1 N–H and O–H groups in total. The standard InChI is InChI=1S/C18H20ClN5/c1-5-15-12(4)21-18(22-15)24-16-10(2)11(3)20-17(23-16)13-8-6-7-9-14(13)19/h6-9,15H,5H2,1-4H3,(H,20,22,23,24). The Morgan fingerprint density at radius 2 is 1.88 bits per heavy atom. The second-order valence-corrected chi connectivity index (χ2v) is 6.25. The molecule has 2 aromatic rings. The van der Waals surface area contributed by atoms with Crippen molar-refractivity contribution in [3.05, 3.63) is 40.5 Å². The molecule has 2 heterocycles. The maximum absolute atomic E-state index is 6.28. The number of guanidine groups is 1. The van der Waals surface area contributed by atoms with Crippen LogP contribution in [0.5, 0.6) is 0 Å². The van der Waals surface area contributed by atoms with Gasteiger partial charge in [-0.15, -0.1) is 0 Å². The number of nitrogens with one attached hydrogen (secondary N) is 1. The van der Waals surface area contributed by atoms with Crippen LogP contribution in [-0.4, -0.2) is 27.7 Å². The Kier molecular flexibility index (Phi) is 4.62. The van der Waals surface area contributed by atoms with Crippen LogP contribution in [0.1, 0.15) is 31.5 Å². The highest BCUT2D eigenvalue weighted by Crippen LogP contribution is 2.27. The first-order valence-electron chi connectivity index (χ1n) is 7.99. The van der Waals surface area contributed by atoms with E-state index in [4.69, 9.17) is 11.6 Å². The van der Waals surface area contributed by atoms with E-state index in [1.807, 2.05) is 45.0 Å². The second-order valence-electron chi connectivity index (χ2n) is 5.84. The summed E-state index contributed by atoms with van der Waals surface area (Å²) in [5.41, 5.74) is 3.70. The lowest BCUT2D eigenvalue weighted by atomic mass is 10.2. The third-order valence-corrected chi connectivity index (χ3v) is 4.49. The van der Waals surface area contributed by atoms with Gasteiger partial charge < -0.3 is 5.32 Å². The average molecular weight is 342 g/mol.